The lowest BCUT2D eigenvalue weighted by molar-refractivity contribution is 0.237. The van der Waals surface area contributed by atoms with Gasteiger partial charge in [0.15, 0.2) is 0 Å². The van der Waals surface area contributed by atoms with E-state index < -0.39 is 0 Å². The number of hydrogen-bond donors (Lipinski definition) is 1. The van der Waals surface area contributed by atoms with Crippen molar-refractivity contribution < 1.29 is 0 Å². The zero-order chi connectivity index (χ0) is 11.3. The van der Waals surface area contributed by atoms with E-state index in [1.807, 2.05) is 25.0 Å². The molecule has 1 rings (SSSR count). The molecule has 0 fully saturated rings. The third-order valence-corrected chi connectivity index (χ3v) is 2.75. The van der Waals surface area contributed by atoms with Gasteiger partial charge in [0, 0.05) is 31.4 Å². The van der Waals surface area contributed by atoms with Crippen LogP contribution in [0.15, 0.2) is 12.4 Å². The van der Waals surface area contributed by atoms with Crippen molar-refractivity contribution in [2.45, 2.75) is 25.9 Å². The maximum atomic E-state index is 4.17. The van der Waals surface area contributed by atoms with Crippen molar-refractivity contribution in [1.29, 1.82) is 0 Å². The molecule has 4 heteroatoms. The molecule has 0 amide bonds. The van der Waals surface area contributed by atoms with Gasteiger partial charge in [-0.3, -0.25) is 9.58 Å². The fraction of sp³-hybridized carbons (Fsp3) is 0.727. The summed E-state index contributed by atoms with van der Waals surface area (Å²) in [7, 11) is 6.11. The zero-order valence-corrected chi connectivity index (χ0v) is 10.2. The molecule has 4 nitrogen and oxygen atoms in total. The van der Waals surface area contributed by atoms with Gasteiger partial charge in [-0.25, -0.2) is 0 Å². The van der Waals surface area contributed by atoms with E-state index in [-0.39, 0.29) is 0 Å². The van der Waals surface area contributed by atoms with Crippen LogP contribution in [-0.4, -0.2) is 41.4 Å². The lowest BCUT2D eigenvalue weighted by atomic mass is 10.2. The van der Waals surface area contributed by atoms with Gasteiger partial charge in [0.05, 0.1) is 6.20 Å². The summed E-state index contributed by atoms with van der Waals surface area (Å²) in [6.45, 7) is 4.30. The predicted molar refractivity (Wildman–Crippen MR) is 62.7 cm³/mol. The first-order valence-corrected chi connectivity index (χ1v) is 5.46. The van der Waals surface area contributed by atoms with Crippen LogP contribution in [0.5, 0.6) is 0 Å². The van der Waals surface area contributed by atoms with E-state index in [1.165, 1.54) is 12.0 Å². The first kappa shape index (κ1) is 12.2. The Morgan fingerprint density at radius 1 is 1.60 bits per heavy atom. The molecule has 0 aliphatic heterocycles. The van der Waals surface area contributed by atoms with Crippen LogP contribution in [0.3, 0.4) is 0 Å². The average Bonchev–Trinajstić information content (AvgIpc) is 2.60. The van der Waals surface area contributed by atoms with Gasteiger partial charge in [0.2, 0.25) is 0 Å². The topological polar surface area (TPSA) is 33.1 Å². The second kappa shape index (κ2) is 5.88. The van der Waals surface area contributed by atoms with Gasteiger partial charge in [0.25, 0.3) is 0 Å². The number of aryl methyl sites for hydroxylation is 1. The van der Waals surface area contributed by atoms with Gasteiger partial charge in [0.1, 0.15) is 0 Å². The smallest absolute Gasteiger partial charge is 0.0534 e. The summed E-state index contributed by atoms with van der Waals surface area (Å²) in [4.78, 5) is 2.36. The van der Waals surface area contributed by atoms with Gasteiger partial charge in [-0.05, 0) is 34.0 Å². The zero-order valence-electron chi connectivity index (χ0n) is 10.2. The van der Waals surface area contributed by atoms with E-state index in [9.17, 15) is 0 Å². The molecule has 15 heavy (non-hydrogen) atoms. The summed E-state index contributed by atoms with van der Waals surface area (Å²) >= 11 is 0. The van der Waals surface area contributed by atoms with Crippen LogP contribution in [-0.2, 0) is 13.6 Å². The lowest BCUT2D eigenvalue weighted by Gasteiger charge is -2.23. The van der Waals surface area contributed by atoms with Gasteiger partial charge in [-0.1, -0.05) is 0 Å². The Morgan fingerprint density at radius 2 is 2.33 bits per heavy atom. The predicted octanol–water partition coefficient (Wildman–Crippen LogP) is 0.850. The van der Waals surface area contributed by atoms with E-state index in [1.54, 1.807) is 0 Å². The van der Waals surface area contributed by atoms with Gasteiger partial charge in [-0.15, -0.1) is 0 Å². The Bertz CT molecular complexity index is 282. The van der Waals surface area contributed by atoms with Gasteiger partial charge < -0.3 is 5.32 Å². The van der Waals surface area contributed by atoms with Crippen LogP contribution < -0.4 is 5.32 Å². The van der Waals surface area contributed by atoms with Crippen molar-refractivity contribution in [3.63, 3.8) is 0 Å². The minimum atomic E-state index is 0.595. The van der Waals surface area contributed by atoms with Gasteiger partial charge in [-0.2, -0.15) is 5.10 Å². The Labute approximate surface area is 92.3 Å². The highest BCUT2D eigenvalue weighted by molar-refractivity contribution is 5.03. The highest BCUT2D eigenvalue weighted by Crippen LogP contribution is 2.06. The molecule has 0 aliphatic carbocycles. The van der Waals surface area contributed by atoms with Crippen LogP contribution >= 0.6 is 0 Å². The molecule has 1 aromatic rings. The summed E-state index contributed by atoms with van der Waals surface area (Å²) in [5.74, 6) is 0. The first-order chi connectivity index (χ1) is 7.13. The number of hydrogen-bond acceptors (Lipinski definition) is 3. The Balaban J connectivity index is 2.37. The Morgan fingerprint density at radius 3 is 2.87 bits per heavy atom. The first-order valence-electron chi connectivity index (χ1n) is 5.46. The molecule has 86 valence electrons. The summed E-state index contributed by atoms with van der Waals surface area (Å²) in [5.41, 5.74) is 1.27. The highest BCUT2D eigenvalue weighted by atomic mass is 15.2. The van der Waals surface area contributed by atoms with Crippen LogP contribution in [0.4, 0.5) is 0 Å². The second-order valence-corrected chi connectivity index (χ2v) is 4.18. The lowest BCUT2D eigenvalue weighted by Crippen LogP contribution is -2.31. The van der Waals surface area contributed by atoms with Crippen molar-refractivity contribution >= 4 is 0 Å². The molecular formula is C11H22N4. The minimum Gasteiger partial charge on any atom is -0.320 e. The van der Waals surface area contributed by atoms with Gasteiger partial charge >= 0.3 is 0 Å². The third-order valence-electron chi connectivity index (χ3n) is 2.75. The monoisotopic (exact) mass is 210 g/mol. The summed E-state index contributed by atoms with van der Waals surface area (Å²) < 4.78 is 1.85. The van der Waals surface area contributed by atoms with E-state index >= 15 is 0 Å². The van der Waals surface area contributed by atoms with Crippen molar-refractivity contribution in [3.05, 3.63) is 18.0 Å². The molecule has 1 heterocycles. The molecule has 0 saturated carbocycles. The SMILES string of the molecule is CNCCC(C)N(C)Cc1cnn(C)c1. The quantitative estimate of drug-likeness (QED) is 0.755. The molecule has 0 saturated heterocycles. The average molecular weight is 210 g/mol. The van der Waals surface area contributed by atoms with Crippen LogP contribution in [0, 0.1) is 0 Å². The van der Waals surface area contributed by atoms with Crippen molar-refractivity contribution in [3.8, 4) is 0 Å². The largest absolute Gasteiger partial charge is 0.320 e. The molecule has 1 aromatic heterocycles. The molecule has 0 radical (unpaired) electrons. The van der Waals surface area contributed by atoms with Crippen molar-refractivity contribution in [2.75, 3.05) is 20.6 Å². The molecular weight excluding hydrogens is 188 g/mol. The molecule has 0 bridgehead atoms. The van der Waals surface area contributed by atoms with E-state index in [4.69, 9.17) is 0 Å². The molecule has 1 N–H and O–H groups in total. The number of nitrogens with one attached hydrogen (secondary N) is 1. The van der Waals surface area contributed by atoms with Crippen LogP contribution in [0.25, 0.3) is 0 Å². The van der Waals surface area contributed by atoms with E-state index in [0.29, 0.717) is 6.04 Å². The summed E-state index contributed by atoms with van der Waals surface area (Å²) in [5, 5.41) is 7.35. The maximum Gasteiger partial charge on any atom is 0.0534 e. The molecule has 0 aliphatic rings. The van der Waals surface area contributed by atoms with Crippen LogP contribution in [0.2, 0.25) is 0 Å². The molecule has 1 unspecified atom stereocenters. The fourth-order valence-electron chi connectivity index (χ4n) is 1.57. The third kappa shape index (κ3) is 4.01. The Hall–Kier alpha value is -0.870. The maximum absolute atomic E-state index is 4.17. The standard InChI is InChI=1S/C11H22N4/c1-10(5-6-12-2)14(3)8-11-7-13-15(4)9-11/h7,9-10,12H,5-6,8H2,1-4H3. The highest BCUT2D eigenvalue weighted by Gasteiger charge is 2.09. The number of nitrogens with zero attached hydrogens (tertiary/aromatic N) is 3. The number of rotatable bonds is 6. The molecule has 0 spiro atoms. The second-order valence-electron chi connectivity index (χ2n) is 4.18. The number of aromatic nitrogens is 2. The van der Waals surface area contributed by atoms with Crippen molar-refractivity contribution in [2.24, 2.45) is 7.05 Å². The molecule has 0 aromatic carbocycles. The summed E-state index contributed by atoms with van der Waals surface area (Å²) in [6, 6.07) is 0.595. The Kier molecular flexibility index (Phi) is 4.78. The van der Waals surface area contributed by atoms with Crippen molar-refractivity contribution in [1.82, 2.24) is 20.0 Å². The fourth-order valence-corrected chi connectivity index (χ4v) is 1.57. The molecule has 1 atom stereocenters. The van der Waals surface area contributed by atoms with E-state index in [2.05, 4.69) is 35.5 Å². The van der Waals surface area contributed by atoms with Crippen LogP contribution in [0.1, 0.15) is 18.9 Å². The summed E-state index contributed by atoms with van der Waals surface area (Å²) in [6.07, 6.45) is 5.18. The normalized spacial score (nSPS) is 13.4. The van der Waals surface area contributed by atoms with E-state index in [0.717, 1.165) is 13.1 Å². The minimum absolute atomic E-state index is 0.595.